The predicted molar refractivity (Wildman–Crippen MR) is 81.3 cm³/mol. The summed E-state index contributed by atoms with van der Waals surface area (Å²) in [5, 5.41) is 2.78. The Labute approximate surface area is 125 Å². The topological polar surface area (TPSA) is 58.6 Å². The van der Waals surface area contributed by atoms with E-state index in [2.05, 4.69) is 5.32 Å². The molecule has 1 unspecified atom stereocenters. The van der Waals surface area contributed by atoms with Crippen LogP contribution in [-0.2, 0) is 14.3 Å². The molecule has 1 aromatic rings. The molecule has 2 amide bonds. The van der Waals surface area contributed by atoms with E-state index in [-0.39, 0.29) is 18.2 Å². The van der Waals surface area contributed by atoms with Gasteiger partial charge in [-0.2, -0.15) is 0 Å². The lowest BCUT2D eigenvalue weighted by molar-refractivity contribution is -0.127. The third kappa shape index (κ3) is 3.61. The summed E-state index contributed by atoms with van der Waals surface area (Å²) < 4.78 is 4.86. The molecule has 1 aliphatic heterocycles. The molecule has 0 bridgehead atoms. The number of benzene rings is 1. The Bertz CT molecular complexity index is 542. The van der Waals surface area contributed by atoms with E-state index in [1.54, 1.807) is 12.0 Å². The number of ether oxygens (including phenoxy) is 1. The van der Waals surface area contributed by atoms with Crippen LogP contribution in [0.2, 0.25) is 0 Å². The minimum atomic E-state index is -0.420. The minimum Gasteiger partial charge on any atom is -0.384 e. The van der Waals surface area contributed by atoms with Gasteiger partial charge in [0.1, 0.15) is 6.04 Å². The van der Waals surface area contributed by atoms with E-state index in [1.165, 1.54) is 5.56 Å². The molecule has 2 rings (SSSR count). The second-order valence-corrected chi connectivity index (χ2v) is 5.41. The van der Waals surface area contributed by atoms with Crippen LogP contribution in [-0.4, -0.2) is 38.1 Å². The maximum Gasteiger partial charge on any atom is 0.249 e. The van der Waals surface area contributed by atoms with E-state index < -0.39 is 6.04 Å². The van der Waals surface area contributed by atoms with Crippen LogP contribution in [0.5, 0.6) is 0 Å². The van der Waals surface area contributed by atoms with Crippen LogP contribution in [0.4, 0.5) is 5.69 Å². The zero-order valence-corrected chi connectivity index (χ0v) is 12.8. The monoisotopic (exact) mass is 290 g/mol. The Morgan fingerprint density at radius 1 is 1.38 bits per heavy atom. The number of methoxy groups -OCH3 is 1. The van der Waals surface area contributed by atoms with E-state index in [0.29, 0.717) is 19.6 Å². The number of aryl methyl sites for hydroxylation is 2. The van der Waals surface area contributed by atoms with Crippen LogP contribution in [0.15, 0.2) is 18.2 Å². The first kappa shape index (κ1) is 15.5. The summed E-state index contributed by atoms with van der Waals surface area (Å²) in [7, 11) is 1.55. The Hall–Kier alpha value is -1.88. The van der Waals surface area contributed by atoms with Crippen molar-refractivity contribution < 1.29 is 14.3 Å². The number of nitrogens with zero attached hydrogens (tertiary/aromatic N) is 1. The molecule has 0 spiro atoms. The van der Waals surface area contributed by atoms with Gasteiger partial charge in [0.25, 0.3) is 0 Å². The highest BCUT2D eigenvalue weighted by atomic mass is 16.5. The van der Waals surface area contributed by atoms with Gasteiger partial charge < -0.3 is 15.0 Å². The fourth-order valence-electron chi connectivity index (χ4n) is 2.42. The third-order valence-electron chi connectivity index (χ3n) is 3.88. The molecule has 5 heteroatoms. The zero-order valence-electron chi connectivity index (χ0n) is 12.8. The number of hydrogen-bond donors (Lipinski definition) is 1. The van der Waals surface area contributed by atoms with Gasteiger partial charge in [0.15, 0.2) is 0 Å². The highest BCUT2D eigenvalue weighted by Crippen LogP contribution is 2.24. The van der Waals surface area contributed by atoms with Crippen molar-refractivity contribution in [1.29, 1.82) is 0 Å². The van der Waals surface area contributed by atoms with Crippen molar-refractivity contribution in [2.24, 2.45) is 0 Å². The number of anilines is 1. The van der Waals surface area contributed by atoms with Crippen molar-refractivity contribution in [3.63, 3.8) is 0 Å². The van der Waals surface area contributed by atoms with Crippen molar-refractivity contribution in [3.05, 3.63) is 29.3 Å². The van der Waals surface area contributed by atoms with E-state index >= 15 is 0 Å². The number of rotatable bonds is 5. The standard InChI is InChI=1S/C16H22N2O3/c1-11-4-5-13(10-12(11)2)18-8-6-14(16(18)20)17-15(19)7-9-21-3/h4-5,10,14H,6-9H2,1-3H3,(H,17,19). The molecule has 21 heavy (non-hydrogen) atoms. The Kier molecular flexibility index (Phi) is 4.96. The SMILES string of the molecule is COCCC(=O)NC1CCN(c2ccc(C)c(C)c2)C1=O. The Balaban J connectivity index is 2.00. The largest absolute Gasteiger partial charge is 0.384 e. The van der Waals surface area contributed by atoms with Crippen LogP contribution in [0, 0.1) is 13.8 Å². The van der Waals surface area contributed by atoms with Gasteiger partial charge in [-0.15, -0.1) is 0 Å². The second kappa shape index (κ2) is 6.72. The van der Waals surface area contributed by atoms with Crippen molar-refractivity contribution in [3.8, 4) is 0 Å². The molecule has 1 fully saturated rings. The number of hydrogen-bond acceptors (Lipinski definition) is 3. The second-order valence-electron chi connectivity index (χ2n) is 5.41. The fourth-order valence-corrected chi connectivity index (χ4v) is 2.42. The summed E-state index contributed by atoms with van der Waals surface area (Å²) in [5.74, 6) is -0.179. The normalized spacial score (nSPS) is 18.1. The van der Waals surface area contributed by atoms with Gasteiger partial charge in [-0.05, 0) is 43.5 Å². The van der Waals surface area contributed by atoms with Gasteiger partial charge in [-0.1, -0.05) is 6.07 Å². The Morgan fingerprint density at radius 3 is 2.81 bits per heavy atom. The highest BCUT2D eigenvalue weighted by molar-refractivity contribution is 6.01. The first-order valence-electron chi connectivity index (χ1n) is 7.20. The molecule has 1 saturated heterocycles. The van der Waals surface area contributed by atoms with Gasteiger partial charge in [-0.25, -0.2) is 0 Å². The van der Waals surface area contributed by atoms with Gasteiger partial charge in [0.2, 0.25) is 11.8 Å². The zero-order chi connectivity index (χ0) is 15.4. The van der Waals surface area contributed by atoms with Gasteiger partial charge in [0, 0.05) is 25.8 Å². The van der Waals surface area contributed by atoms with Crippen molar-refractivity contribution in [2.75, 3.05) is 25.2 Å². The maximum absolute atomic E-state index is 12.4. The number of nitrogens with one attached hydrogen (secondary N) is 1. The first-order chi connectivity index (χ1) is 10.0. The van der Waals surface area contributed by atoms with Crippen molar-refractivity contribution in [1.82, 2.24) is 5.32 Å². The average molecular weight is 290 g/mol. The highest BCUT2D eigenvalue weighted by Gasteiger charge is 2.33. The molecule has 0 saturated carbocycles. The molecular formula is C16H22N2O3. The lowest BCUT2D eigenvalue weighted by Gasteiger charge is -2.18. The van der Waals surface area contributed by atoms with E-state index in [1.807, 2.05) is 32.0 Å². The molecule has 1 aliphatic rings. The molecule has 1 N–H and O–H groups in total. The number of carbonyl (C=O) groups excluding carboxylic acids is 2. The summed E-state index contributed by atoms with van der Waals surface area (Å²) in [6, 6.07) is 5.57. The Morgan fingerprint density at radius 2 is 2.14 bits per heavy atom. The van der Waals surface area contributed by atoms with E-state index in [0.717, 1.165) is 11.3 Å². The molecular weight excluding hydrogens is 268 g/mol. The molecule has 114 valence electrons. The van der Waals surface area contributed by atoms with Gasteiger partial charge in [0.05, 0.1) is 6.61 Å². The summed E-state index contributed by atoms with van der Waals surface area (Å²) in [6.45, 7) is 5.08. The summed E-state index contributed by atoms with van der Waals surface area (Å²) >= 11 is 0. The van der Waals surface area contributed by atoms with Crippen LogP contribution in [0.25, 0.3) is 0 Å². The molecule has 1 atom stereocenters. The molecule has 0 radical (unpaired) electrons. The quantitative estimate of drug-likeness (QED) is 0.895. The molecule has 5 nitrogen and oxygen atoms in total. The lowest BCUT2D eigenvalue weighted by Crippen LogP contribution is -2.41. The van der Waals surface area contributed by atoms with Gasteiger partial charge in [-0.3, -0.25) is 9.59 Å². The van der Waals surface area contributed by atoms with E-state index in [4.69, 9.17) is 4.74 Å². The van der Waals surface area contributed by atoms with Crippen LogP contribution >= 0.6 is 0 Å². The van der Waals surface area contributed by atoms with E-state index in [9.17, 15) is 9.59 Å². The number of carbonyl (C=O) groups is 2. The van der Waals surface area contributed by atoms with Crippen LogP contribution in [0.3, 0.4) is 0 Å². The summed E-state index contributed by atoms with van der Waals surface area (Å²) in [5.41, 5.74) is 3.26. The molecule has 1 aromatic carbocycles. The first-order valence-corrected chi connectivity index (χ1v) is 7.20. The minimum absolute atomic E-state index is 0.0379. The average Bonchev–Trinajstić information content (AvgIpc) is 2.81. The molecule has 0 aromatic heterocycles. The molecule has 1 heterocycles. The maximum atomic E-state index is 12.4. The van der Waals surface area contributed by atoms with Crippen molar-refractivity contribution in [2.45, 2.75) is 32.7 Å². The van der Waals surface area contributed by atoms with Crippen LogP contribution in [0.1, 0.15) is 24.0 Å². The molecule has 0 aliphatic carbocycles. The van der Waals surface area contributed by atoms with Crippen molar-refractivity contribution >= 4 is 17.5 Å². The summed E-state index contributed by atoms with van der Waals surface area (Å²) in [4.78, 5) is 25.8. The lowest BCUT2D eigenvalue weighted by atomic mass is 10.1. The van der Waals surface area contributed by atoms with Gasteiger partial charge >= 0.3 is 0 Å². The third-order valence-corrected chi connectivity index (χ3v) is 3.88. The number of amides is 2. The smallest absolute Gasteiger partial charge is 0.249 e. The fraction of sp³-hybridized carbons (Fsp3) is 0.500. The predicted octanol–water partition coefficient (Wildman–Crippen LogP) is 1.56. The van der Waals surface area contributed by atoms with Crippen LogP contribution < -0.4 is 10.2 Å². The summed E-state index contributed by atoms with van der Waals surface area (Å²) in [6.07, 6.45) is 0.925.